The van der Waals surface area contributed by atoms with Crippen LogP contribution in [0, 0.1) is 0 Å². The quantitative estimate of drug-likeness (QED) is 0.680. The summed E-state index contributed by atoms with van der Waals surface area (Å²) in [5, 5.41) is 3.17. The first-order valence-corrected chi connectivity index (χ1v) is 8.17. The average Bonchev–Trinajstić information content (AvgIpc) is 2.67. The van der Waals surface area contributed by atoms with Gasteiger partial charge in [0.25, 0.3) is 5.56 Å². The molecule has 1 aromatic carbocycles. The molecule has 0 fully saturated rings. The van der Waals surface area contributed by atoms with E-state index in [0.717, 1.165) is 11.3 Å². The van der Waals surface area contributed by atoms with Crippen molar-refractivity contribution in [2.45, 2.75) is 19.6 Å². The Kier molecular flexibility index (Phi) is 5.48. The Morgan fingerprint density at radius 3 is 2.65 bits per heavy atom. The SMILES string of the molecule is COc1ccc(OCc2cc(=O)[nH]c(NC(C)c3cccnc3)n2)cc1. The highest BCUT2D eigenvalue weighted by atomic mass is 16.5. The highest BCUT2D eigenvalue weighted by molar-refractivity contribution is 5.32. The molecular formula is C19H20N4O3. The Morgan fingerprint density at radius 2 is 1.96 bits per heavy atom. The van der Waals surface area contributed by atoms with Crippen molar-refractivity contribution in [3.63, 3.8) is 0 Å². The van der Waals surface area contributed by atoms with Crippen molar-refractivity contribution in [3.8, 4) is 11.5 Å². The average molecular weight is 352 g/mol. The molecule has 2 heterocycles. The van der Waals surface area contributed by atoms with Crippen molar-refractivity contribution < 1.29 is 9.47 Å². The lowest BCUT2D eigenvalue weighted by Crippen LogP contribution is -2.17. The lowest BCUT2D eigenvalue weighted by molar-refractivity contribution is 0.300. The van der Waals surface area contributed by atoms with Gasteiger partial charge in [0.15, 0.2) is 0 Å². The van der Waals surface area contributed by atoms with Gasteiger partial charge < -0.3 is 14.8 Å². The number of H-pyrrole nitrogens is 1. The van der Waals surface area contributed by atoms with Crippen molar-refractivity contribution in [1.82, 2.24) is 15.0 Å². The first-order valence-electron chi connectivity index (χ1n) is 8.17. The minimum atomic E-state index is -0.241. The van der Waals surface area contributed by atoms with E-state index in [1.165, 1.54) is 6.07 Å². The topological polar surface area (TPSA) is 89.1 Å². The summed E-state index contributed by atoms with van der Waals surface area (Å²) in [7, 11) is 1.61. The molecule has 7 nitrogen and oxygen atoms in total. The summed E-state index contributed by atoms with van der Waals surface area (Å²) in [4.78, 5) is 23.1. The first kappa shape index (κ1) is 17.5. The fourth-order valence-electron chi connectivity index (χ4n) is 2.40. The Hall–Kier alpha value is -3.35. The molecule has 0 aliphatic rings. The second kappa shape index (κ2) is 8.15. The smallest absolute Gasteiger partial charge is 0.252 e. The molecule has 0 amide bonds. The number of aromatic amines is 1. The zero-order valence-electron chi connectivity index (χ0n) is 14.6. The summed E-state index contributed by atoms with van der Waals surface area (Å²) in [6.45, 7) is 2.16. The first-order chi connectivity index (χ1) is 12.6. The largest absolute Gasteiger partial charge is 0.497 e. The van der Waals surface area contributed by atoms with Gasteiger partial charge in [-0.1, -0.05) is 6.07 Å². The van der Waals surface area contributed by atoms with Gasteiger partial charge in [-0.05, 0) is 42.8 Å². The van der Waals surface area contributed by atoms with Crippen LogP contribution in [0.2, 0.25) is 0 Å². The van der Waals surface area contributed by atoms with Gasteiger partial charge in [-0.15, -0.1) is 0 Å². The molecule has 7 heteroatoms. The van der Waals surface area contributed by atoms with Gasteiger partial charge >= 0.3 is 0 Å². The Morgan fingerprint density at radius 1 is 1.19 bits per heavy atom. The number of nitrogens with one attached hydrogen (secondary N) is 2. The number of aromatic nitrogens is 3. The van der Waals surface area contributed by atoms with Gasteiger partial charge in [-0.2, -0.15) is 0 Å². The molecule has 0 bridgehead atoms. The number of benzene rings is 1. The number of pyridine rings is 1. The Bertz CT molecular complexity index is 895. The van der Waals surface area contributed by atoms with E-state index in [1.807, 2.05) is 31.2 Å². The minimum Gasteiger partial charge on any atom is -0.497 e. The Balaban J connectivity index is 1.68. The predicted molar refractivity (Wildman–Crippen MR) is 98.5 cm³/mol. The third-order valence-corrected chi connectivity index (χ3v) is 3.78. The highest BCUT2D eigenvalue weighted by Crippen LogP contribution is 2.18. The molecule has 3 aromatic rings. The van der Waals surface area contributed by atoms with Gasteiger partial charge in [-0.25, -0.2) is 4.98 Å². The molecule has 0 radical (unpaired) electrons. The van der Waals surface area contributed by atoms with Crippen LogP contribution >= 0.6 is 0 Å². The lowest BCUT2D eigenvalue weighted by Gasteiger charge is -2.14. The van der Waals surface area contributed by atoms with Gasteiger partial charge in [0.1, 0.15) is 18.1 Å². The second-order valence-corrected chi connectivity index (χ2v) is 5.70. The Labute approximate surface area is 151 Å². The van der Waals surface area contributed by atoms with Crippen LogP contribution in [0.15, 0.2) is 59.7 Å². The van der Waals surface area contributed by atoms with Crippen LogP contribution in [0.25, 0.3) is 0 Å². The fraction of sp³-hybridized carbons (Fsp3) is 0.211. The third-order valence-electron chi connectivity index (χ3n) is 3.78. The summed E-state index contributed by atoms with van der Waals surface area (Å²) < 4.78 is 10.8. The number of nitrogens with zero attached hydrogens (tertiary/aromatic N) is 2. The third kappa shape index (κ3) is 4.60. The van der Waals surface area contributed by atoms with E-state index < -0.39 is 0 Å². The zero-order chi connectivity index (χ0) is 18.4. The highest BCUT2D eigenvalue weighted by Gasteiger charge is 2.08. The van der Waals surface area contributed by atoms with Gasteiger partial charge in [0.2, 0.25) is 5.95 Å². The number of ether oxygens (including phenoxy) is 2. The zero-order valence-corrected chi connectivity index (χ0v) is 14.6. The molecule has 2 aromatic heterocycles. The molecule has 0 aliphatic carbocycles. The molecule has 134 valence electrons. The molecule has 3 rings (SSSR count). The van der Waals surface area contributed by atoms with Crippen LogP contribution in [0.3, 0.4) is 0 Å². The predicted octanol–water partition coefficient (Wildman–Crippen LogP) is 2.93. The van der Waals surface area contributed by atoms with Crippen molar-refractivity contribution in [2.75, 3.05) is 12.4 Å². The molecular weight excluding hydrogens is 332 g/mol. The van der Waals surface area contributed by atoms with Crippen LogP contribution in [0.4, 0.5) is 5.95 Å². The van der Waals surface area contributed by atoms with E-state index >= 15 is 0 Å². The van der Waals surface area contributed by atoms with Crippen molar-refractivity contribution >= 4 is 5.95 Å². The maximum atomic E-state index is 11.9. The van der Waals surface area contributed by atoms with E-state index in [2.05, 4.69) is 20.3 Å². The van der Waals surface area contributed by atoms with Crippen molar-refractivity contribution in [3.05, 3.63) is 76.5 Å². The molecule has 1 atom stereocenters. The van der Waals surface area contributed by atoms with Gasteiger partial charge in [0.05, 0.1) is 18.8 Å². The summed E-state index contributed by atoms with van der Waals surface area (Å²) in [6.07, 6.45) is 3.49. The van der Waals surface area contributed by atoms with Crippen molar-refractivity contribution in [1.29, 1.82) is 0 Å². The van der Waals surface area contributed by atoms with E-state index in [1.54, 1.807) is 31.6 Å². The van der Waals surface area contributed by atoms with Crippen LogP contribution in [-0.2, 0) is 6.61 Å². The molecule has 26 heavy (non-hydrogen) atoms. The number of hydrogen-bond acceptors (Lipinski definition) is 6. The normalized spacial score (nSPS) is 11.6. The van der Waals surface area contributed by atoms with Crippen molar-refractivity contribution in [2.24, 2.45) is 0 Å². The molecule has 2 N–H and O–H groups in total. The van der Waals surface area contributed by atoms with Crippen LogP contribution in [0.1, 0.15) is 24.2 Å². The number of anilines is 1. The van der Waals surface area contributed by atoms with E-state index in [9.17, 15) is 4.79 Å². The maximum Gasteiger partial charge on any atom is 0.252 e. The maximum absolute atomic E-state index is 11.9. The number of rotatable bonds is 7. The van der Waals surface area contributed by atoms with Crippen LogP contribution in [0.5, 0.6) is 11.5 Å². The van der Waals surface area contributed by atoms with Crippen LogP contribution < -0.4 is 20.3 Å². The molecule has 0 saturated heterocycles. The summed E-state index contributed by atoms with van der Waals surface area (Å²) >= 11 is 0. The minimum absolute atomic E-state index is 0.0513. The molecule has 0 aliphatic heterocycles. The summed E-state index contributed by atoms with van der Waals surface area (Å²) in [5.41, 5.74) is 1.29. The van der Waals surface area contributed by atoms with E-state index in [0.29, 0.717) is 17.4 Å². The number of methoxy groups -OCH3 is 1. The van der Waals surface area contributed by atoms with Gasteiger partial charge in [-0.3, -0.25) is 14.8 Å². The standard InChI is InChI=1S/C19H20N4O3/c1-13(14-4-3-9-20-11-14)21-19-22-15(10-18(24)23-19)12-26-17-7-5-16(25-2)6-8-17/h3-11,13H,12H2,1-2H3,(H2,21,22,23,24). The summed E-state index contributed by atoms with van der Waals surface area (Å²) in [6, 6.07) is 12.4. The van der Waals surface area contributed by atoms with E-state index in [-0.39, 0.29) is 18.2 Å². The number of hydrogen-bond donors (Lipinski definition) is 2. The van der Waals surface area contributed by atoms with Crippen LogP contribution in [-0.4, -0.2) is 22.1 Å². The van der Waals surface area contributed by atoms with Gasteiger partial charge in [0, 0.05) is 18.5 Å². The molecule has 0 saturated carbocycles. The summed E-state index contributed by atoms with van der Waals surface area (Å²) in [5.74, 6) is 1.82. The molecule has 0 spiro atoms. The monoisotopic (exact) mass is 352 g/mol. The fourth-order valence-corrected chi connectivity index (χ4v) is 2.40. The second-order valence-electron chi connectivity index (χ2n) is 5.70. The van der Waals surface area contributed by atoms with E-state index in [4.69, 9.17) is 9.47 Å². The molecule has 1 unspecified atom stereocenters. The lowest BCUT2D eigenvalue weighted by atomic mass is 10.1.